The van der Waals surface area contributed by atoms with Gasteiger partial charge in [0.05, 0.1) is 11.3 Å². The first-order valence-corrected chi connectivity index (χ1v) is 10.5. The van der Waals surface area contributed by atoms with Gasteiger partial charge in [-0.1, -0.05) is 31.2 Å². The van der Waals surface area contributed by atoms with Gasteiger partial charge in [0, 0.05) is 10.6 Å². The molecule has 2 heterocycles. The van der Waals surface area contributed by atoms with E-state index in [1.165, 1.54) is 21.8 Å². The summed E-state index contributed by atoms with van der Waals surface area (Å²) in [7, 11) is 0. The molecule has 0 spiro atoms. The lowest BCUT2D eigenvalue weighted by Crippen LogP contribution is -2.32. The van der Waals surface area contributed by atoms with Crippen LogP contribution < -0.4 is 10.2 Å². The molecule has 0 atom stereocenters. The monoisotopic (exact) mass is 402 g/mol. The maximum Gasteiger partial charge on any atom is 0.282 e. The Kier molecular flexibility index (Phi) is 5.07. The van der Waals surface area contributed by atoms with Crippen molar-refractivity contribution in [2.24, 2.45) is 0 Å². The van der Waals surface area contributed by atoms with Gasteiger partial charge in [0.2, 0.25) is 0 Å². The van der Waals surface area contributed by atoms with Crippen molar-refractivity contribution >= 4 is 40.1 Å². The first-order chi connectivity index (χ1) is 14.0. The van der Waals surface area contributed by atoms with Gasteiger partial charge in [-0.15, -0.1) is 11.3 Å². The average molecular weight is 403 g/mol. The Morgan fingerprint density at radius 1 is 0.931 bits per heavy atom. The summed E-state index contributed by atoms with van der Waals surface area (Å²) in [5.41, 5.74) is 5.36. The lowest BCUT2D eigenvalue weighted by atomic mass is 10.1. The molecule has 0 saturated heterocycles. The van der Waals surface area contributed by atoms with Crippen molar-refractivity contribution in [3.63, 3.8) is 0 Å². The van der Waals surface area contributed by atoms with E-state index in [1.807, 2.05) is 73.8 Å². The standard InChI is InChI=1S/C24H22N2O2S/c1-4-17-7-9-18(10-8-17)25-22-21(20-6-5-11-29-20)23(27)26(24(22)28)19-13-15(2)12-16(3)14-19/h5-14,25H,4H2,1-3H3. The van der Waals surface area contributed by atoms with Crippen molar-refractivity contribution in [2.45, 2.75) is 27.2 Å². The second kappa shape index (κ2) is 7.68. The van der Waals surface area contributed by atoms with Crippen molar-refractivity contribution in [2.75, 3.05) is 10.2 Å². The van der Waals surface area contributed by atoms with Crippen molar-refractivity contribution in [3.05, 3.63) is 87.2 Å². The third kappa shape index (κ3) is 3.61. The Hall–Kier alpha value is -3.18. The van der Waals surface area contributed by atoms with Crippen LogP contribution in [0, 0.1) is 13.8 Å². The number of anilines is 2. The van der Waals surface area contributed by atoms with Crippen LogP contribution in [0.3, 0.4) is 0 Å². The molecule has 2 aromatic carbocycles. The second-order valence-corrected chi connectivity index (χ2v) is 8.14. The summed E-state index contributed by atoms with van der Waals surface area (Å²) in [6.45, 7) is 6.02. The molecule has 1 aliphatic heterocycles. The third-order valence-electron chi connectivity index (χ3n) is 4.95. The van der Waals surface area contributed by atoms with Gasteiger partial charge in [-0.25, -0.2) is 4.90 Å². The smallest absolute Gasteiger partial charge is 0.282 e. The van der Waals surface area contributed by atoms with Crippen molar-refractivity contribution in [3.8, 4) is 0 Å². The van der Waals surface area contributed by atoms with E-state index in [9.17, 15) is 9.59 Å². The van der Waals surface area contributed by atoms with Crippen molar-refractivity contribution in [1.82, 2.24) is 0 Å². The van der Waals surface area contributed by atoms with Gasteiger partial charge >= 0.3 is 0 Å². The Balaban J connectivity index is 1.78. The Morgan fingerprint density at radius 2 is 1.62 bits per heavy atom. The number of benzene rings is 2. The number of carbonyl (C=O) groups is 2. The number of carbonyl (C=O) groups excluding carboxylic acids is 2. The molecule has 29 heavy (non-hydrogen) atoms. The minimum atomic E-state index is -0.331. The largest absolute Gasteiger partial charge is 0.350 e. The maximum absolute atomic E-state index is 13.4. The molecule has 0 unspecified atom stereocenters. The number of amides is 2. The first kappa shape index (κ1) is 19.2. The van der Waals surface area contributed by atoms with Crippen LogP contribution in [0.15, 0.2) is 65.7 Å². The van der Waals surface area contributed by atoms with Crippen LogP contribution in [0.2, 0.25) is 0 Å². The molecule has 4 rings (SSSR count). The van der Waals surface area contributed by atoms with Crippen LogP contribution in [0.5, 0.6) is 0 Å². The minimum Gasteiger partial charge on any atom is -0.350 e. The van der Waals surface area contributed by atoms with E-state index in [-0.39, 0.29) is 11.8 Å². The lowest BCUT2D eigenvalue weighted by Gasteiger charge is -2.17. The molecule has 1 N–H and O–H groups in total. The van der Waals surface area contributed by atoms with E-state index < -0.39 is 0 Å². The molecular formula is C24H22N2O2S. The van der Waals surface area contributed by atoms with Gasteiger partial charge in [-0.2, -0.15) is 0 Å². The number of rotatable bonds is 5. The van der Waals surface area contributed by atoms with Crippen LogP contribution >= 0.6 is 11.3 Å². The van der Waals surface area contributed by atoms with Crippen molar-refractivity contribution < 1.29 is 9.59 Å². The Morgan fingerprint density at radius 3 is 2.21 bits per heavy atom. The highest BCUT2D eigenvalue weighted by Gasteiger charge is 2.40. The van der Waals surface area contributed by atoms with Crippen LogP contribution in [0.1, 0.15) is 28.5 Å². The molecular weight excluding hydrogens is 380 g/mol. The Labute approximate surface area is 174 Å². The third-order valence-corrected chi connectivity index (χ3v) is 5.84. The van der Waals surface area contributed by atoms with Gasteiger partial charge in [0.25, 0.3) is 11.8 Å². The molecule has 0 saturated carbocycles. The van der Waals surface area contributed by atoms with E-state index in [0.717, 1.165) is 28.1 Å². The molecule has 0 fully saturated rings. The van der Waals surface area contributed by atoms with E-state index in [4.69, 9.17) is 0 Å². The van der Waals surface area contributed by atoms with Crippen LogP contribution in [-0.2, 0) is 16.0 Å². The van der Waals surface area contributed by atoms with E-state index in [1.54, 1.807) is 0 Å². The fourth-order valence-electron chi connectivity index (χ4n) is 3.58. The number of aryl methyl sites for hydroxylation is 3. The fraction of sp³-hybridized carbons (Fsp3) is 0.167. The van der Waals surface area contributed by atoms with Gasteiger partial charge in [0.1, 0.15) is 5.70 Å². The van der Waals surface area contributed by atoms with Crippen LogP contribution in [0.25, 0.3) is 5.57 Å². The molecule has 146 valence electrons. The molecule has 1 aromatic heterocycles. The van der Waals surface area contributed by atoms with Gasteiger partial charge in [-0.3, -0.25) is 9.59 Å². The summed E-state index contributed by atoms with van der Waals surface area (Å²) in [6.07, 6.45) is 0.946. The second-order valence-electron chi connectivity index (χ2n) is 7.19. The maximum atomic E-state index is 13.4. The summed E-state index contributed by atoms with van der Waals surface area (Å²) in [4.78, 5) is 28.8. The predicted octanol–water partition coefficient (Wildman–Crippen LogP) is 5.32. The molecule has 2 amide bonds. The summed E-state index contributed by atoms with van der Waals surface area (Å²) < 4.78 is 0. The van der Waals surface area contributed by atoms with Gasteiger partial charge < -0.3 is 5.32 Å². The molecule has 0 aliphatic carbocycles. The molecule has 3 aromatic rings. The van der Waals surface area contributed by atoms with Gasteiger partial charge in [-0.05, 0) is 72.7 Å². The summed E-state index contributed by atoms with van der Waals surface area (Å²) >= 11 is 1.45. The highest BCUT2D eigenvalue weighted by atomic mass is 32.1. The summed E-state index contributed by atoms with van der Waals surface area (Å²) in [5.74, 6) is -0.627. The zero-order valence-corrected chi connectivity index (χ0v) is 17.5. The number of hydrogen-bond acceptors (Lipinski definition) is 4. The summed E-state index contributed by atoms with van der Waals surface area (Å²) in [5, 5.41) is 5.12. The molecule has 1 aliphatic rings. The number of hydrogen-bond donors (Lipinski definition) is 1. The zero-order valence-electron chi connectivity index (χ0n) is 16.7. The molecule has 0 bridgehead atoms. The lowest BCUT2D eigenvalue weighted by molar-refractivity contribution is -0.120. The SMILES string of the molecule is CCc1ccc(NC2=C(c3cccs3)C(=O)N(c3cc(C)cc(C)c3)C2=O)cc1. The average Bonchev–Trinajstić information content (AvgIpc) is 3.28. The zero-order chi connectivity index (χ0) is 20.5. The quantitative estimate of drug-likeness (QED) is 0.587. The van der Waals surface area contributed by atoms with Crippen LogP contribution in [-0.4, -0.2) is 11.8 Å². The highest BCUT2D eigenvalue weighted by molar-refractivity contribution is 7.11. The highest BCUT2D eigenvalue weighted by Crippen LogP contribution is 2.36. The number of nitrogens with one attached hydrogen (secondary N) is 1. The number of imide groups is 1. The first-order valence-electron chi connectivity index (χ1n) is 9.59. The summed E-state index contributed by atoms with van der Waals surface area (Å²) in [6, 6.07) is 17.5. The normalized spacial score (nSPS) is 14.1. The van der Waals surface area contributed by atoms with Crippen LogP contribution in [0.4, 0.5) is 11.4 Å². The predicted molar refractivity (Wildman–Crippen MR) is 119 cm³/mol. The Bertz CT molecular complexity index is 1090. The van der Waals surface area contributed by atoms with E-state index >= 15 is 0 Å². The molecule has 4 nitrogen and oxygen atoms in total. The molecule has 0 radical (unpaired) electrons. The van der Waals surface area contributed by atoms with E-state index in [0.29, 0.717) is 17.0 Å². The molecule has 5 heteroatoms. The van der Waals surface area contributed by atoms with E-state index in [2.05, 4.69) is 12.2 Å². The fourth-order valence-corrected chi connectivity index (χ4v) is 4.35. The number of thiophene rings is 1. The number of nitrogens with zero attached hydrogens (tertiary/aromatic N) is 1. The van der Waals surface area contributed by atoms with Crippen molar-refractivity contribution in [1.29, 1.82) is 0 Å². The topological polar surface area (TPSA) is 49.4 Å². The van der Waals surface area contributed by atoms with Gasteiger partial charge in [0.15, 0.2) is 0 Å². The minimum absolute atomic E-state index is 0.296.